The van der Waals surface area contributed by atoms with Gasteiger partial charge in [-0.1, -0.05) is 191 Å². The summed E-state index contributed by atoms with van der Waals surface area (Å²) in [6.45, 7) is 3.66. The van der Waals surface area contributed by atoms with Crippen LogP contribution in [-0.2, 0) is 38.7 Å². The molecule has 1 rings (SSSR count). The number of rotatable bonds is 42. The molecule has 0 aromatic heterocycles. The second kappa shape index (κ2) is 40.8. The molecule has 0 saturated carbocycles. The maximum atomic E-state index is 12.9. The van der Waals surface area contributed by atoms with Crippen molar-refractivity contribution in [1.82, 2.24) is 0 Å². The quantitative estimate of drug-likeness (QED) is 0.0197. The van der Waals surface area contributed by atoms with Gasteiger partial charge in [-0.2, -0.15) is 8.42 Å². The number of hydrogen-bond donors (Lipinski definition) is 4. The first-order chi connectivity index (χ1) is 31.0. The summed E-state index contributed by atoms with van der Waals surface area (Å²) < 4.78 is 54.2. The SMILES string of the molecule is CC/C=C\C/C=C\C/C=C\C/C=C\CCCCCCCCC(=O)OC(COC(=O)CCCCCCCCCCCCCCCCCCC)COC1OC(CS(=O)(=O)O)C(O)C(O)C1O. The maximum absolute atomic E-state index is 12.9. The lowest BCUT2D eigenvalue weighted by Gasteiger charge is -2.40. The smallest absolute Gasteiger partial charge is 0.306 e. The molecular formula is C51H90O12S. The van der Waals surface area contributed by atoms with Gasteiger partial charge >= 0.3 is 11.9 Å². The van der Waals surface area contributed by atoms with Crippen LogP contribution >= 0.6 is 0 Å². The highest BCUT2D eigenvalue weighted by atomic mass is 32.2. The van der Waals surface area contributed by atoms with Gasteiger partial charge in [0.05, 0.1) is 6.61 Å². The summed E-state index contributed by atoms with van der Waals surface area (Å²) in [5.74, 6) is -2.00. The van der Waals surface area contributed by atoms with Gasteiger partial charge in [0.25, 0.3) is 10.1 Å². The van der Waals surface area contributed by atoms with Crippen LogP contribution < -0.4 is 0 Å². The molecule has 6 unspecified atom stereocenters. The molecule has 0 radical (unpaired) electrons. The van der Waals surface area contributed by atoms with Crippen molar-refractivity contribution in [2.45, 2.75) is 243 Å². The van der Waals surface area contributed by atoms with Gasteiger partial charge in [0.1, 0.15) is 36.8 Å². The van der Waals surface area contributed by atoms with E-state index in [0.717, 1.165) is 83.5 Å². The molecule has 1 fully saturated rings. The zero-order chi connectivity index (χ0) is 46.9. The number of carbonyl (C=O) groups excluding carboxylic acids is 2. The molecule has 6 atom stereocenters. The Morgan fingerprint density at radius 1 is 0.547 bits per heavy atom. The Morgan fingerprint density at radius 3 is 1.47 bits per heavy atom. The monoisotopic (exact) mass is 927 g/mol. The molecule has 13 heteroatoms. The Kier molecular flexibility index (Phi) is 38.1. The molecule has 0 aliphatic carbocycles. The van der Waals surface area contributed by atoms with Crippen LogP contribution in [0.4, 0.5) is 0 Å². The lowest BCUT2D eigenvalue weighted by molar-refractivity contribution is -0.297. The highest BCUT2D eigenvalue weighted by Gasteiger charge is 2.46. The van der Waals surface area contributed by atoms with E-state index in [0.29, 0.717) is 12.8 Å². The zero-order valence-electron chi connectivity index (χ0n) is 39.9. The van der Waals surface area contributed by atoms with Gasteiger partial charge in [-0.3, -0.25) is 14.1 Å². The second-order valence-corrected chi connectivity index (χ2v) is 19.0. The predicted octanol–water partition coefficient (Wildman–Crippen LogP) is 11.1. The molecule has 0 aromatic carbocycles. The van der Waals surface area contributed by atoms with Crippen molar-refractivity contribution in [3.05, 3.63) is 48.6 Å². The summed E-state index contributed by atoms with van der Waals surface area (Å²) in [7, 11) is -4.61. The molecule has 372 valence electrons. The molecule has 1 heterocycles. The molecular weight excluding hydrogens is 837 g/mol. The molecule has 0 aromatic rings. The van der Waals surface area contributed by atoms with Crippen LogP contribution in [0.15, 0.2) is 48.6 Å². The first-order valence-electron chi connectivity index (χ1n) is 25.2. The maximum Gasteiger partial charge on any atom is 0.306 e. The summed E-state index contributed by atoms with van der Waals surface area (Å²) in [6.07, 6.45) is 40.0. The summed E-state index contributed by atoms with van der Waals surface area (Å²) in [5.41, 5.74) is 0. The van der Waals surface area contributed by atoms with E-state index >= 15 is 0 Å². The molecule has 12 nitrogen and oxygen atoms in total. The van der Waals surface area contributed by atoms with E-state index in [1.807, 2.05) is 0 Å². The van der Waals surface area contributed by atoms with Gasteiger partial charge in [-0.25, -0.2) is 0 Å². The number of carbonyl (C=O) groups is 2. The van der Waals surface area contributed by atoms with E-state index in [9.17, 15) is 37.9 Å². The van der Waals surface area contributed by atoms with E-state index < -0.39 is 71.2 Å². The lowest BCUT2D eigenvalue weighted by atomic mass is 10.00. The fourth-order valence-corrected chi connectivity index (χ4v) is 8.24. The van der Waals surface area contributed by atoms with Gasteiger partial charge < -0.3 is 34.3 Å². The number of hydrogen-bond acceptors (Lipinski definition) is 11. The molecule has 64 heavy (non-hydrogen) atoms. The Morgan fingerprint density at radius 2 is 0.984 bits per heavy atom. The number of ether oxygens (including phenoxy) is 4. The third kappa shape index (κ3) is 34.9. The van der Waals surface area contributed by atoms with Crippen LogP contribution in [0, 0.1) is 0 Å². The van der Waals surface area contributed by atoms with Crippen LogP contribution in [0.25, 0.3) is 0 Å². The summed E-state index contributed by atoms with van der Waals surface area (Å²) in [6, 6.07) is 0. The van der Waals surface area contributed by atoms with Crippen molar-refractivity contribution in [1.29, 1.82) is 0 Å². The Labute approximate surface area is 388 Å². The van der Waals surface area contributed by atoms with Gasteiger partial charge in [0.15, 0.2) is 12.4 Å². The fraction of sp³-hybridized carbons (Fsp3) is 0.804. The average Bonchev–Trinajstić information content (AvgIpc) is 3.26. The van der Waals surface area contributed by atoms with E-state index in [2.05, 4.69) is 62.5 Å². The van der Waals surface area contributed by atoms with E-state index in [4.69, 9.17) is 18.9 Å². The minimum absolute atomic E-state index is 0.148. The van der Waals surface area contributed by atoms with E-state index in [1.165, 1.54) is 83.5 Å². The minimum Gasteiger partial charge on any atom is -0.462 e. The number of aliphatic hydroxyl groups excluding tert-OH is 3. The highest BCUT2D eigenvalue weighted by Crippen LogP contribution is 2.24. The van der Waals surface area contributed by atoms with Gasteiger partial charge in [-0.05, 0) is 51.4 Å². The highest BCUT2D eigenvalue weighted by molar-refractivity contribution is 7.85. The summed E-state index contributed by atoms with van der Waals surface area (Å²) >= 11 is 0. The van der Waals surface area contributed by atoms with Gasteiger partial charge in [0, 0.05) is 12.8 Å². The van der Waals surface area contributed by atoms with Crippen molar-refractivity contribution in [2.75, 3.05) is 19.0 Å². The van der Waals surface area contributed by atoms with Crippen molar-refractivity contribution < 1.29 is 56.8 Å². The third-order valence-electron chi connectivity index (χ3n) is 11.4. The number of unbranched alkanes of at least 4 members (excludes halogenated alkanes) is 22. The van der Waals surface area contributed by atoms with E-state index in [-0.39, 0.29) is 19.4 Å². The average molecular weight is 927 g/mol. The molecule has 1 aliphatic heterocycles. The van der Waals surface area contributed by atoms with Crippen LogP contribution in [0.5, 0.6) is 0 Å². The number of esters is 2. The third-order valence-corrected chi connectivity index (χ3v) is 12.2. The van der Waals surface area contributed by atoms with Crippen molar-refractivity contribution in [3.63, 3.8) is 0 Å². The summed E-state index contributed by atoms with van der Waals surface area (Å²) in [4.78, 5) is 25.5. The standard InChI is InChI=1S/C51H90O12S/c1-3-5-7-9-11-13-15-17-19-21-22-24-26-28-30-32-34-36-38-40-47(53)62-44(42-61-51-50(56)49(55)48(54)45(63-51)43-64(57,58)59)41-60-46(52)39-37-35-33-31-29-27-25-23-20-18-16-14-12-10-8-6-4-2/h5,7,11,13,17,19,22,24,44-45,48-51,54-56H,3-4,6,8-10,12,14-16,18,20-21,23,25-43H2,1-2H3,(H,57,58,59)/b7-5-,13-11-,19-17-,24-22-. The van der Waals surface area contributed by atoms with E-state index in [1.54, 1.807) is 0 Å². The van der Waals surface area contributed by atoms with Gasteiger partial charge in [-0.15, -0.1) is 0 Å². The fourth-order valence-electron chi connectivity index (χ4n) is 7.55. The largest absolute Gasteiger partial charge is 0.462 e. The normalized spacial score (nSPS) is 20.0. The van der Waals surface area contributed by atoms with Gasteiger partial charge in [0.2, 0.25) is 0 Å². The first-order valence-corrected chi connectivity index (χ1v) is 26.8. The number of aliphatic hydroxyl groups is 3. The van der Waals surface area contributed by atoms with Crippen LogP contribution in [0.2, 0.25) is 0 Å². The second-order valence-electron chi connectivity index (χ2n) is 17.5. The Bertz CT molecular complexity index is 1360. The topological polar surface area (TPSA) is 186 Å². The van der Waals surface area contributed by atoms with Crippen molar-refractivity contribution in [2.24, 2.45) is 0 Å². The number of allylic oxidation sites excluding steroid dienone is 8. The molecule has 1 saturated heterocycles. The minimum atomic E-state index is -4.61. The summed E-state index contributed by atoms with van der Waals surface area (Å²) in [5, 5.41) is 31.0. The Hall–Kier alpha value is -2.39. The van der Waals surface area contributed by atoms with Crippen LogP contribution in [0.3, 0.4) is 0 Å². The first kappa shape index (κ1) is 59.6. The molecule has 1 aliphatic rings. The zero-order valence-corrected chi connectivity index (χ0v) is 40.7. The Balaban J connectivity index is 2.40. The molecule has 4 N–H and O–H groups in total. The van der Waals surface area contributed by atoms with Crippen LogP contribution in [-0.4, -0.2) is 96.0 Å². The molecule has 0 amide bonds. The van der Waals surface area contributed by atoms with Crippen molar-refractivity contribution in [3.8, 4) is 0 Å². The molecule has 0 spiro atoms. The van der Waals surface area contributed by atoms with Crippen molar-refractivity contribution >= 4 is 22.1 Å². The lowest BCUT2D eigenvalue weighted by Crippen LogP contribution is -2.60. The predicted molar refractivity (Wildman–Crippen MR) is 256 cm³/mol. The van der Waals surface area contributed by atoms with Crippen LogP contribution in [0.1, 0.15) is 206 Å². The molecule has 0 bridgehead atoms.